The number of carbonyl (C=O) groups excluding carboxylic acids is 1. The van der Waals surface area contributed by atoms with E-state index in [0.717, 1.165) is 22.6 Å². The number of anilines is 3. The maximum atomic E-state index is 12.5. The summed E-state index contributed by atoms with van der Waals surface area (Å²) in [6.45, 7) is 0. The summed E-state index contributed by atoms with van der Waals surface area (Å²) in [5.41, 5.74) is 4.73. The third-order valence-corrected chi connectivity index (χ3v) is 5.05. The molecule has 0 saturated heterocycles. The second-order valence-electron chi connectivity index (χ2n) is 7.03. The number of benzene rings is 4. The van der Waals surface area contributed by atoms with Gasteiger partial charge in [-0.15, -0.1) is 0 Å². The highest BCUT2D eigenvalue weighted by Gasteiger charge is 2.26. The summed E-state index contributed by atoms with van der Waals surface area (Å²) in [7, 11) is 0. The minimum atomic E-state index is -0.0788. The van der Waals surface area contributed by atoms with Crippen molar-refractivity contribution in [2.24, 2.45) is 0 Å². The molecule has 0 unspecified atom stereocenters. The number of hydrogen-bond acceptors (Lipinski definition) is 3. The van der Waals surface area contributed by atoms with Crippen molar-refractivity contribution in [3.63, 3.8) is 0 Å². The summed E-state index contributed by atoms with van der Waals surface area (Å²) in [5, 5.41) is 0. The number of nitrogens with zero attached hydrogens (tertiary/aromatic N) is 1. The first kappa shape index (κ1) is 18.0. The van der Waals surface area contributed by atoms with Crippen LogP contribution in [0.15, 0.2) is 115 Å². The first-order valence-corrected chi connectivity index (χ1v) is 9.83. The lowest BCUT2D eigenvalue weighted by atomic mass is 10.1. The van der Waals surface area contributed by atoms with Crippen molar-refractivity contribution < 1.29 is 9.53 Å². The van der Waals surface area contributed by atoms with Crippen molar-refractivity contribution in [3.05, 3.63) is 126 Å². The Morgan fingerprint density at radius 3 is 1.73 bits per heavy atom. The zero-order valence-corrected chi connectivity index (χ0v) is 16.2. The van der Waals surface area contributed by atoms with E-state index < -0.39 is 0 Å². The zero-order valence-electron chi connectivity index (χ0n) is 16.2. The fourth-order valence-corrected chi connectivity index (χ4v) is 3.61. The van der Waals surface area contributed by atoms with Crippen LogP contribution < -0.4 is 9.64 Å². The summed E-state index contributed by atoms with van der Waals surface area (Å²) >= 11 is 0. The molecule has 0 spiro atoms. The summed E-state index contributed by atoms with van der Waals surface area (Å²) in [6.07, 6.45) is 1.79. The Bertz CT molecular complexity index is 1170. The van der Waals surface area contributed by atoms with E-state index in [1.165, 1.54) is 0 Å². The van der Waals surface area contributed by atoms with Gasteiger partial charge < -0.3 is 9.64 Å². The molecule has 0 fully saturated rings. The third kappa shape index (κ3) is 3.38. The number of carbonyl (C=O) groups is 1. The number of rotatable bonds is 4. The molecule has 4 aromatic carbocycles. The number of allylic oxidation sites excluding steroid dienone is 1. The summed E-state index contributed by atoms with van der Waals surface area (Å²) in [6, 6.07) is 35.9. The highest BCUT2D eigenvalue weighted by Crippen LogP contribution is 2.35. The molecule has 1 aliphatic heterocycles. The molecule has 1 heterocycles. The molecule has 0 atom stereocenters. The van der Waals surface area contributed by atoms with Gasteiger partial charge in [-0.25, -0.2) is 0 Å². The number of ether oxygens (including phenoxy) is 1. The van der Waals surface area contributed by atoms with Crippen LogP contribution >= 0.6 is 0 Å². The van der Waals surface area contributed by atoms with E-state index in [9.17, 15) is 4.79 Å². The third-order valence-electron chi connectivity index (χ3n) is 5.05. The molecule has 1 aliphatic rings. The predicted octanol–water partition coefficient (Wildman–Crippen LogP) is 6.77. The maximum absolute atomic E-state index is 12.5. The summed E-state index contributed by atoms with van der Waals surface area (Å²) < 4.78 is 5.74. The lowest BCUT2D eigenvalue weighted by Crippen LogP contribution is -2.09. The van der Waals surface area contributed by atoms with Crippen molar-refractivity contribution in [1.29, 1.82) is 0 Å². The Hall–Kier alpha value is -4.11. The van der Waals surface area contributed by atoms with Crippen molar-refractivity contribution >= 4 is 28.9 Å². The average Bonchev–Trinajstić information content (AvgIpc) is 3.12. The molecule has 30 heavy (non-hydrogen) atoms. The second kappa shape index (κ2) is 7.72. The Kier molecular flexibility index (Phi) is 4.62. The molecular formula is C27H19NO2. The molecule has 4 aromatic rings. The maximum Gasteiger partial charge on any atom is 0.231 e. The lowest BCUT2D eigenvalue weighted by molar-refractivity contribution is 0.101. The smallest absolute Gasteiger partial charge is 0.231 e. The van der Waals surface area contributed by atoms with E-state index in [1.54, 1.807) is 12.1 Å². The predicted molar refractivity (Wildman–Crippen MR) is 121 cm³/mol. The van der Waals surface area contributed by atoms with Crippen molar-refractivity contribution in [3.8, 4) is 5.75 Å². The first-order valence-electron chi connectivity index (χ1n) is 9.83. The van der Waals surface area contributed by atoms with Gasteiger partial charge in [-0.05, 0) is 60.2 Å². The Morgan fingerprint density at radius 2 is 1.13 bits per heavy atom. The Balaban J connectivity index is 1.47. The number of ketones is 1. The van der Waals surface area contributed by atoms with Gasteiger partial charge in [0.05, 0.1) is 5.56 Å². The van der Waals surface area contributed by atoms with Crippen molar-refractivity contribution in [1.82, 2.24) is 0 Å². The number of para-hydroxylation sites is 3. The molecule has 0 bridgehead atoms. The molecule has 5 rings (SSSR count). The largest absolute Gasteiger partial charge is 0.452 e. The van der Waals surface area contributed by atoms with Gasteiger partial charge in [0, 0.05) is 17.1 Å². The van der Waals surface area contributed by atoms with E-state index in [-0.39, 0.29) is 5.78 Å². The summed E-state index contributed by atoms with van der Waals surface area (Å²) in [5.74, 6) is 0.890. The molecule has 144 valence electrons. The van der Waals surface area contributed by atoms with Crippen LogP contribution in [0.3, 0.4) is 0 Å². The molecule has 3 heteroatoms. The van der Waals surface area contributed by atoms with E-state index in [1.807, 2.05) is 66.7 Å². The molecule has 0 radical (unpaired) electrons. The van der Waals surface area contributed by atoms with E-state index in [0.29, 0.717) is 17.1 Å². The molecular weight excluding hydrogens is 370 g/mol. The van der Waals surface area contributed by atoms with Crippen LogP contribution in [0.25, 0.3) is 6.08 Å². The topological polar surface area (TPSA) is 29.5 Å². The van der Waals surface area contributed by atoms with Crippen LogP contribution in [-0.2, 0) is 0 Å². The monoisotopic (exact) mass is 389 g/mol. The van der Waals surface area contributed by atoms with Crippen molar-refractivity contribution in [2.45, 2.75) is 0 Å². The van der Waals surface area contributed by atoms with Crippen LogP contribution in [0.2, 0.25) is 0 Å². The fraction of sp³-hybridized carbons (Fsp3) is 0. The number of fused-ring (bicyclic) bond motifs is 1. The molecule has 0 N–H and O–H groups in total. The fourth-order valence-electron chi connectivity index (χ4n) is 3.61. The average molecular weight is 389 g/mol. The highest BCUT2D eigenvalue weighted by atomic mass is 16.5. The lowest BCUT2D eigenvalue weighted by Gasteiger charge is -2.25. The van der Waals surface area contributed by atoms with Crippen LogP contribution in [0.1, 0.15) is 15.9 Å². The van der Waals surface area contributed by atoms with Gasteiger partial charge in [0.2, 0.25) is 5.78 Å². The van der Waals surface area contributed by atoms with E-state index in [4.69, 9.17) is 4.74 Å². The van der Waals surface area contributed by atoms with Crippen LogP contribution in [0, 0.1) is 0 Å². The van der Waals surface area contributed by atoms with Crippen LogP contribution in [0.4, 0.5) is 17.1 Å². The summed E-state index contributed by atoms with van der Waals surface area (Å²) in [4.78, 5) is 14.7. The van der Waals surface area contributed by atoms with Gasteiger partial charge in [-0.3, -0.25) is 4.79 Å². The van der Waals surface area contributed by atoms with Gasteiger partial charge in [0.1, 0.15) is 5.75 Å². The second-order valence-corrected chi connectivity index (χ2v) is 7.03. The quantitative estimate of drug-likeness (QED) is 0.361. The zero-order chi connectivity index (χ0) is 20.3. The van der Waals surface area contributed by atoms with Gasteiger partial charge in [-0.2, -0.15) is 0 Å². The van der Waals surface area contributed by atoms with Gasteiger partial charge in [0.25, 0.3) is 0 Å². The van der Waals surface area contributed by atoms with Gasteiger partial charge in [0.15, 0.2) is 5.76 Å². The van der Waals surface area contributed by atoms with Gasteiger partial charge in [-0.1, -0.05) is 60.7 Å². The van der Waals surface area contributed by atoms with Crippen molar-refractivity contribution in [2.75, 3.05) is 4.90 Å². The Labute approximate surface area is 175 Å². The SMILES string of the molecule is O=C1C(=Cc2ccc(N(c3ccccc3)c3ccccc3)cc2)Oc2ccccc21. The molecule has 0 amide bonds. The molecule has 0 aromatic heterocycles. The van der Waals surface area contributed by atoms with Crippen LogP contribution in [0.5, 0.6) is 5.75 Å². The first-order chi connectivity index (χ1) is 14.8. The molecule has 3 nitrogen and oxygen atoms in total. The number of hydrogen-bond donors (Lipinski definition) is 0. The Morgan fingerprint density at radius 1 is 0.600 bits per heavy atom. The van der Waals surface area contributed by atoms with Crippen LogP contribution in [-0.4, -0.2) is 5.78 Å². The minimum absolute atomic E-state index is 0.0788. The molecule has 0 saturated carbocycles. The van der Waals surface area contributed by atoms with E-state index in [2.05, 4.69) is 41.3 Å². The normalized spacial score (nSPS) is 13.7. The number of Topliss-reactive ketones (excluding diaryl/α,β-unsaturated/α-hetero) is 1. The standard InChI is InChI=1S/C27H19NO2/c29-27-24-13-7-8-14-25(24)30-26(27)19-20-15-17-23(18-16-20)28(21-9-3-1-4-10-21)22-11-5-2-6-12-22/h1-19H. The highest BCUT2D eigenvalue weighted by molar-refractivity contribution is 6.14. The van der Waals surface area contributed by atoms with E-state index >= 15 is 0 Å². The molecule has 0 aliphatic carbocycles. The minimum Gasteiger partial charge on any atom is -0.452 e. The van der Waals surface area contributed by atoms with Gasteiger partial charge >= 0.3 is 0 Å².